The molecule has 1 aliphatic rings. The molecule has 5 nitrogen and oxygen atoms in total. The monoisotopic (exact) mass is 263 g/mol. The highest BCUT2D eigenvalue weighted by molar-refractivity contribution is 6.12. The molecule has 1 atom stereocenters. The lowest BCUT2D eigenvalue weighted by atomic mass is 9.92. The number of nitrogens with zero attached hydrogens (tertiary/aromatic N) is 1. The van der Waals surface area contributed by atoms with Crippen LogP contribution in [0.4, 0.5) is 0 Å². The van der Waals surface area contributed by atoms with Crippen LogP contribution in [0.15, 0.2) is 24.8 Å². The van der Waals surface area contributed by atoms with Crippen LogP contribution in [0.2, 0.25) is 0 Å². The molecule has 0 aliphatic carbocycles. The van der Waals surface area contributed by atoms with Gasteiger partial charge in [0.05, 0.1) is 5.92 Å². The molecule has 5 heteroatoms. The van der Waals surface area contributed by atoms with Crippen LogP contribution < -0.4 is 0 Å². The summed E-state index contributed by atoms with van der Waals surface area (Å²) in [6.07, 6.45) is 4.61. The van der Waals surface area contributed by atoms with Gasteiger partial charge in [0.1, 0.15) is 5.78 Å². The average Bonchev–Trinajstić information content (AvgIpc) is 2.73. The normalized spacial score (nSPS) is 15.7. The molecule has 0 aromatic heterocycles. The average molecular weight is 263 g/mol. The second-order valence-corrected chi connectivity index (χ2v) is 4.28. The highest BCUT2D eigenvalue weighted by Gasteiger charge is 2.26. The first-order chi connectivity index (χ1) is 9.01. The Kier molecular flexibility index (Phi) is 5.36. The van der Waals surface area contributed by atoms with E-state index in [1.54, 1.807) is 6.92 Å². The van der Waals surface area contributed by atoms with Gasteiger partial charge in [-0.25, -0.2) is 0 Å². The van der Waals surface area contributed by atoms with Crippen molar-refractivity contribution in [2.75, 3.05) is 6.54 Å². The van der Waals surface area contributed by atoms with E-state index in [1.807, 2.05) is 0 Å². The summed E-state index contributed by atoms with van der Waals surface area (Å²) in [6.45, 7) is 5.30. The van der Waals surface area contributed by atoms with Crippen molar-refractivity contribution in [3.63, 3.8) is 0 Å². The van der Waals surface area contributed by atoms with Crippen molar-refractivity contribution in [3.8, 4) is 0 Å². The summed E-state index contributed by atoms with van der Waals surface area (Å²) in [4.78, 5) is 46.9. The van der Waals surface area contributed by atoms with Crippen molar-refractivity contribution in [2.45, 2.75) is 26.2 Å². The number of allylic oxidation sites excluding steroid dienone is 1. The first kappa shape index (κ1) is 15.0. The topological polar surface area (TPSA) is 71.5 Å². The van der Waals surface area contributed by atoms with Crippen LogP contribution in [0.25, 0.3) is 0 Å². The molecule has 0 aromatic carbocycles. The quantitative estimate of drug-likeness (QED) is 0.373. The predicted octanol–water partition coefficient (Wildman–Crippen LogP) is 1.04. The fourth-order valence-corrected chi connectivity index (χ4v) is 1.96. The van der Waals surface area contributed by atoms with E-state index in [-0.39, 0.29) is 36.3 Å². The number of amides is 2. The van der Waals surface area contributed by atoms with Crippen LogP contribution in [0, 0.1) is 5.92 Å². The lowest BCUT2D eigenvalue weighted by Crippen LogP contribution is -2.32. The molecule has 1 rings (SSSR count). The van der Waals surface area contributed by atoms with Crippen LogP contribution in [0.5, 0.6) is 0 Å². The number of imide groups is 1. The largest absolute Gasteiger partial charge is 0.299 e. The lowest BCUT2D eigenvalue weighted by molar-refractivity contribution is -0.136. The Balaban J connectivity index is 2.51. The van der Waals surface area contributed by atoms with Crippen LogP contribution in [0.1, 0.15) is 26.2 Å². The van der Waals surface area contributed by atoms with E-state index < -0.39 is 5.92 Å². The molecule has 0 saturated heterocycles. The third-order valence-electron chi connectivity index (χ3n) is 3.06. The van der Waals surface area contributed by atoms with Gasteiger partial charge < -0.3 is 0 Å². The van der Waals surface area contributed by atoms with Gasteiger partial charge in [-0.05, 0) is 18.9 Å². The van der Waals surface area contributed by atoms with E-state index in [1.165, 1.54) is 12.2 Å². The van der Waals surface area contributed by atoms with E-state index in [9.17, 15) is 19.2 Å². The Morgan fingerprint density at radius 3 is 2.37 bits per heavy atom. The Labute approximate surface area is 112 Å². The summed E-state index contributed by atoms with van der Waals surface area (Å²) in [6, 6.07) is 0. The number of carbonyl (C=O) groups is 4. The third-order valence-corrected chi connectivity index (χ3v) is 3.06. The van der Waals surface area contributed by atoms with Crippen LogP contribution in [0.3, 0.4) is 0 Å². The van der Waals surface area contributed by atoms with Gasteiger partial charge in [0, 0.05) is 25.1 Å². The zero-order chi connectivity index (χ0) is 14.4. The van der Waals surface area contributed by atoms with Crippen molar-refractivity contribution < 1.29 is 19.2 Å². The number of hydrogen-bond acceptors (Lipinski definition) is 4. The molecule has 0 N–H and O–H groups in total. The van der Waals surface area contributed by atoms with Crippen LogP contribution in [-0.4, -0.2) is 34.8 Å². The van der Waals surface area contributed by atoms with Gasteiger partial charge in [-0.15, -0.1) is 0 Å². The Hall–Kier alpha value is -2.04. The minimum absolute atomic E-state index is 0.137. The first-order valence-corrected chi connectivity index (χ1v) is 6.23. The summed E-state index contributed by atoms with van der Waals surface area (Å²) in [7, 11) is 0. The Bertz CT molecular complexity index is 432. The van der Waals surface area contributed by atoms with Crippen molar-refractivity contribution in [2.24, 2.45) is 5.92 Å². The minimum atomic E-state index is -0.705. The van der Waals surface area contributed by atoms with E-state index in [0.717, 1.165) is 11.0 Å². The summed E-state index contributed by atoms with van der Waals surface area (Å²) >= 11 is 0. The molecule has 1 unspecified atom stereocenters. The molecule has 0 saturated carbocycles. The zero-order valence-electron chi connectivity index (χ0n) is 10.9. The highest BCUT2D eigenvalue weighted by atomic mass is 16.2. The molecule has 0 bridgehead atoms. The van der Waals surface area contributed by atoms with Gasteiger partial charge in [0.25, 0.3) is 11.8 Å². The highest BCUT2D eigenvalue weighted by Crippen LogP contribution is 2.14. The summed E-state index contributed by atoms with van der Waals surface area (Å²) in [5, 5.41) is 0. The molecular formula is C14H17NO4. The maximum Gasteiger partial charge on any atom is 0.253 e. The summed E-state index contributed by atoms with van der Waals surface area (Å²) < 4.78 is 0. The SMILES string of the molecule is C=CC(=O)C(CCCN1C(=O)C=CC1=O)C(=O)CC. The van der Waals surface area contributed by atoms with E-state index in [2.05, 4.69) is 6.58 Å². The smallest absolute Gasteiger partial charge is 0.253 e. The molecule has 0 aromatic rings. The summed E-state index contributed by atoms with van der Waals surface area (Å²) in [5.41, 5.74) is 0. The molecule has 1 aliphatic heterocycles. The lowest BCUT2D eigenvalue weighted by Gasteiger charge is -2.16. The molecule has 0 fully saturated rings. The number of carbonyl (C=O) groups excluding carboxylic acids is 4. The standard InChI is InChI=1S/C14H17NO4/c1-3-11(16)10(12(17)4-2)6-5-9-15-13(18)7-8-14(15)19/h3,7-8,10H,1,4-6,9H2,2H3. The fourth-order valence-electron chi connectivity index (χ4n) is 1.96. The molecule has 0 spiro atoms. The van der Waals surface area contributed by atoms with Crippen molar-refractivity contribution >= 4 is 23.4 Å². The van der Waals surface area contributed by atoms with Crippen molar-refractivity contribution in [3.05, 3.63) is 24.8 Å². The third kappa shape index (κ3) is 3.71. The Morgan fingerprint density at radius 1 is 1.32 bits per heavy atom. The van der Waals surface area contributed by atoms with Gasteiger partial charge in [0.15, 0.2) is 5.78 Å². The number of ketones is 2. The zero-order valence-corrected chi connectivity index (χ0v) is 10.9. The predicted molar refractivity (Wildman–Crippen MR) is 69.1 cm³/mol. The van der Waals surface area contributed by atoms with Gasteiger partial charge in [0.2, 0.25) is 0 Å². The minimum Gasteiger partial charge on any atom is -0.299 e. The molecule has 102 valence electrons. The number of hydrogen-bond donors (Lipinski definition) is 0. The molecule has 1 heterocycles. The molecule has 19 heavy (non-hydrogen) atoms. The molecule has 0 radical (unpaired) electrons. The van der Waals surface area contributed by atoms with Crippen molar-refractivity contribution in [1.29, 1.82) is 0 Å². The number of Topliss-reactive ketones (excluding diaryl/α,β-unsaturated/α-hetero) is 1. The number of rotatable bonds is 8. The van der Waals surface area contributed by atoms with Gasteiger partial charge in [-0.3, -0.25) is 24.1 Å². The second kappa shape index (κ2) is 6.78. The summed E-state index contributed by atoms with van der Waals surface area (Å²) in [5.74, 6) is -1.84. The maximum absolute atomic E-state index is 11.6. The molecule has 2 amide bonds. The van der Waals surface area contributed by atoms with Gasteiger partial charge >= 0.3 is 0 Å². The Morgan fingerprint density at radius 2 is 1.89 bits per heavy atom. The first-order valence-electron chi connectivity index (χ1n) is 6.23. The van der Waals surface area contributed by atoms with Gasteiger partial charge in [-0.2, -0.15) is 0 Å². The van der Waals surface area contributed by atoms with E-state index in [4.69, 9.17) is 0 Å². The van der Waals surface area contributed by atoms with Gasteiger partial charge in [-0.1, -0.05) is 13.5 Å². The fraction of sp³-hybridized carbons (Fsp3) is 0.429. The maximum atomic E-state index is 11.6. The van der Waals surface area contributed by atoms with Crippen molar-refractivity contribution in [1.82, 2.24) is 4.90 Å². The van der Waals surface area contributed by atoms with E-state index in [0.29, 0.717) is 12.8 Å². The molecular weight excluding hydrogens is 246 g/mol. The van der Waals surface area contributed by atoms with Crippen LogP contribution >= 0.6 is 0 Å². The second-order valence-electron chi connectivity index (χ2n) is 4.28. The van der Waals surface area contributed by atoms with E-state index >= 15 is 0 Å². The van der Waals surface area contributed by atoms with Crippen LogP contribution in [-0.2, 0) is 19.2 Å².